The van der Waals surface area contributed by atoms with Gasteiger partial charge in [0.15, 0.2) is 5.78 Å². The zero-order valence-corrected chi connectivity index (χ0v) is 8.34. The Hall–Kier alpha value is -1.12. The molecule has 0 aromatic rings. The zero-order valence-electron chi connectivity index (χ0n) is 8.34. The van der Waals surface area contributed by atoms with Gasteiger partial charge in [-0.2, -0.15) is 0 Å². The lowest BCUT2D eigenvalue weighted by Crippen LogP contribution is -2.35. The molecule has 0 radical (unpaired) electrons. The number of ether oxygens (including phenoxy) is 1. The molecule has 1 saturated heterocycles. The minimum Gasteiger partial charge on any atom is -0.455 e. The van der Waals surface area contributed by atoms with Gasteiger partial charge in [0.1, 0.15) is 5.60 Å². The molecule has 14 heavy (non-hydrogen) atoms. The SMILES string of the molecule is CC12CCC(=O)C=C1CCCC(=O)O2. The third kappa shape index (κ3) is 1.59. The van der Waals surface area contributed by atoms with E-state index in [0.29, 0.717) is 19.3 Å². The highest BCUT2D eigenvalue weighted by Crippen LogP contribution is 2.36. The highest BCUT2D eigenvalue weighted by molar-refractivity contribution is 5.92. The molecule has 0 aromatic carbocycles. The maximum atomic E-state index is 11.3. The van der Waals surface area contributed by atoms with Crippen LogP contribution in [-0.2, 0) is 14.3 Å². The standard InChI is InChI=1S/C11H14O3/c1-11-6-5-9(12)7-8(11)3-2-4-10(13)14-11/h7H,2-6H2,1H3. The number of fused-ring (bicyclic) bond motifs is 1. The van der Waals surface area contributed by atoms with Gasteiger partial charge in [0.25, 0.3) is 0 Å². The second-order valence-corrected chi connectivity index (χ2v) is 4.19. The summed E-state index contributed by atoms with van der Waals surface area (Å²) in [5, 5.41) is 0. The first kappa shape index (κ1) is 9.44. The van der Waals surface area contributed by atoms with Crippen LogP contribution in [-0.4, -0.2) is 17.4 Å². The summed E-state index contributed by atoms with van der Waals surface area (Å²) in [6.45, 7) is 1.91. The van der Waals surface area contributed by atoms with E-state index < -0.39 is 5.60 Å². The Morgan fingerprint density at radius 2 is 2.07 bits per heavy atom. The van der Waals surface area contributed by atoms with E-state index in [1.807, 2.05) is 6.92 Å². The molecule has 1 unspecified atom stereocenters. The van der Waals surface area contributed by atoms with Crippen LogP contribution < -0.4 is 0 Å². The molecule has 2 rings (SSSR count). The molecule has 0 saturated carbocycles. The smallest absolute Gasteiger partial charge is 0.306 e. The molecule has 1 aliphatic carbocycles. The largest absolute Gasteiger partial charge is 0.455 e. The van der Waals surface area contributed by atoms with Crippen LogP contribution in [0.4, 0.5) is 0 Å². The molecule has 2 aliphatic rings. The summed E-state index contributed by atoms with van der Waals surface area (Å²) in [5.41, 5.74) is 0.501. The molecule has 0 aromatic heterocycles. The Morgan fingerprint density at radius 1 is 1.29 bits per heavy atom. The first-order valence-electron chi connectivity index (χ1n) is 5.06. The monoisotopic (exact) mass is 194 g/mol. The molecular weight excluding hydrogens is 180 g/mol. The van der Waals surface area contributed by atoms with Gasteiger partial charge in [0.05, 0.1) is 0 Å². The van der Waals surface area contributed by atoms with E-state index in [0.717, 1.165) is 18.4 Å². The van der Waals surface area contributed by atoms with E-state index >= 15 is 0 Å². The molecule has 1 atom stereocenters. The van der Waals surface area contributed by atoms with Crippen LogP contribution in [0.25, 0.3) is 0 Å². The number of esters is 1. The van der Waals surface area contributed by atoms with Gasteiger partial charge in [0.2, 0.25) is 0 Å². The number of carbonyl (C=O) groups is 2. The number of rotatable bonds is 0. The van der Waals surface area contributed by atoms with Crippen LogP contribution in [0.1, 0.15) is 39.0 Å². The normalized spacial score (nSPS) is 32.8. The second kappa shape index (κ2) is 3.23. The van der Waals surface area contributed by atoms with Crippen molar-refractivity contribution in [2.24, 2.45) is 0 Å². The summed E-state index contributed by atoms with van der Waals surface area (Å²) in [6.07, 6.45) is 4.89. The van der Waals surface area contributed by atoms with E-state index in [1.165, 1.54) is 0 Å². The third-order valence-corrected chi connectivity index (χ3v) is 3.03. The van der Waals surface area contributed by atoms with Gasteiger partial charge < -0.3 is 4.74 Å². The van der Waals surface area contributed by atoms with Crippen LogP contribution in [0, 0.1) is 0 Å². The fourth-order valence-corrected chi connectivity index (χ4v) is 2.12. The van der Waals surface area contributed by atoms with E-state index in [2.05, 4.69) is 0 Å². The summed E-state index contributed by atoms with van der Waals surface area (Å²) in [7, 11) is 0. The van der Waals surface area contributed by atoms with Gasteiger partial charge in [-0.25, -0.2) is 0 Å². The topological polar surface area (TPSA) is 43.4 Å². The number of carbonyl (C=O) groups excluding carboxylic acids is 2. The van der Waals surface area contributed by atoms with Gasteiger partial charge in [0, 0.05) is 12.8 Å². The van der Waals surface area contributed by atoms with Gasteiger partial charge in [-0.1, -0.05) is 0 Å². The first-order chi connectivity index (χ1) is 6.60. The summed E-state index contributed by atoms with van der Waals surface area (Å²) in [5.74, 6) is 0.0284. The lowest BCUT2D eigenvalue weighted by molar-refractivity contribution is -0.155. The predicted octanol–water partition coefficient (Wildman–Crippen LogP) is 1.76. The minimum atomic E-state index is -0.499. The summed E-state index contributed by atoms with van der Waals surface area (Å²) >= 11 is 0. The maximum absolute atomic E-state index is 11.3. The number of allylic oxidation sites excluding steroid dienone is 1. The van der Waals surface area contributed by atoms with Crippen molar-refractivity contribution in [1.29, 1.82) is 0 Å². The lowest BCUT2D eigenvalue weighted by Gasteiger charge is -2.32. The predicted molar refractivity (Wildman–Crippen MR) is 50.7 cm³/mol. The number of hydrogen-bond acceptors (Lipinski definition) is 3. The third-order valence-electron chi connectivity index (χ3n) is 3.03. The summed E-state index contributed by atoms with van der Waals surface area (Å²) < 4.78 is 5.39. The van der Waals surface area contributed by atoms with Crippen LogP contribution in [0.15, 0.2) is 11.6 Å². The fraction of sp³-hybridized carbons (Fsp3) is 0.636. The van der Waals surface area contributed by atoms with E-state index in [9.17, 15) is 9.59 Å². The molecule has 1 heterocycles. The number of ketones is 1. The Balaban J connectivity index is 2.32. The van der Waals surface area contributed by atoms with Gasteiger partial charge in [-0.05, 0) is 37.8 Å². The Kier molecular flexibility index (Phi) is 2.17. The Labute approximate surface area is 83.1 Å². The quantitative estimate of drug-likeness (QED) is 0.552. The highest BCUT2D eigenvalue weighted by Gasteiger charge is 2.38. The molecule has 0 N–H and O–H groups in total. The van der Waals surface area contributed by atoms with Crippen molar-refractivity contribution in [2.45, 2.75) is 44.6 Å². The molecule has 3 heteroatoms. The summed E-state index contributed by atoms with van der Waals surface area (Å²) in [4.78, 5) is 22.5. The highest BCUT2D eigenvalue weighted by atomic mass is 16.6. The Morgan fingerprint density at radius 3 is 2.86 bits per heavy atom. The van der Waals surface area contributed by atoms with Crippen molar-refractivity contribution in [1.82, 2.24) is 0 Å². The summed E-state index contributed by atoms with van der Waals surface area (Å²) in [6, 6.07) is 0. The number of hydrogen-bond donors (Lipinski definition) is 0. The van der Waals surface area contributed by atoms with Crippen molar-refractivity contribution in [3.05, 3.63) is 11.6 Å². The van der Waals surface area contributed by atoms with Gasteiger partial charge in [-0.15, -0.1) is 0 Å². The molecule has 1 aliphatic heterocycles. The van der Waals surface area contributed by atoms with E-state index in [1.54, 1.807) is 6.08 Å². The molecule has 1 fully saturated rings. The van der Waals surface area contributed by atoms with Crippen molar-refractivity contribution in [3.8, 4) is 0 Å². The minimum absolute atomic E-state index is 0.134. The van der Waals surface area contributed by atoms with Crippen LogP contribution in [0.2, 0.25) is 0 Å². The van der Waals surface area contributed by atoms with Crippen LogP contribution in [0.3, 0.4) is 0 Å². The molecule has 3 nitrogen and oxygen atoms in total. The maximum Gasteiger partial charge on any atom is 0.306 e. The van der Waals surface area contributed by atoms with Crippen molar-refractivity contribution < 1.29 is 14.3 Å². The Bertz CT molecular complexity index is 316. The van der Waals surface area contributed by atoms with E-state index in [-0.39, 0.29) is 11.8 Å². The van der Waals surface area contributed by atoms with Crippen LogP contribution >= 0.6 is 0 Å². The molecule has 0 amide bonds. The van der Waals surface area contributed by atoms with Gasteiger partial charge in [-0.3, -0.25) is 9.59 Å². The fourth-order valence-electron chi connectivity index (χ4n) is 2.12. The molecular formula is C11H14O3. The van der Waals surface area contributed by atoms with E-state index in [4.69, 9.17) is 4.74 Å². The van der Waals surface area contributed by atoms with Crippen molar-refractivity contribution in [3.63, 3.8) is 0 Å². The van der Waals surface area contributed by atoms with Crippen molar-refractivity contribution >= 4 is 11.8 Å². The lowest BCUT2D eigenvalue weighted by atomic mass is 9.82. The van der Waals surface area contributed by atoms with Crippen molar-refractivity contribution in [2.75, 3.05) is 0 Å². The molecule has 76 valence electrons. The molecule has 0 bridgehead atoms. The second-order valence-electron chi connectivity index (χ2n) is 4.19. The molecule has 0 spiro atoms. The zero-order chi connectivity index (χ0) is 10.2. The average Bonchev–Trinajstić information content (AvgIpc) is 2.24. The van der Waals surface area contributed by atoms with Gasteiger partial charge >= 0.3 is 5.97 Å². The first-order valence-corrected chi connectivity index (χ1v) is 5.06. The average molecular weight is 194 g/mol. The van der Waals surface area contributed by atoms with Crippen LogP contribution in [0.5, 0.6) is 0 Å².